The molecule has 0 aliphatic carbocycles. The smallest absolute Gasteiger partial charge is 0.350 e. The number of benzene rings is 2. The van der Waals surface area contributed by atoms with Crippen molar-refractivity contribution in [3.63, 3.8) is 0 Å². The van der Waals surface area contributed by atoms with Crippen molar-refractivity contribution in [2.45, 2.75) is 36.5 Å². The quantitative estimate of drug-likeness (QED) is 0.542. The average molecular weight is 350 g/mol. The fourth-order valence-electron chi connectivity index (χ4n) is 2.62. The summed E-state index contributed by atoms with van der Waals surface area (Å²) in [6, 6.07) is 21.8. The van der Waals surface area contributed by atoms with Crippen molar-refractivity contribution in [1.29, 1.82) is 0 Å². The van der Waals surface area contributed by atoms with Gasteiger partial charge in [-0.1, -0.05) is 74.1 Å². The van der Waals surface area contributed by atoms with Crippen LogP contribution >= 0.6 is 11.8 Å². The fraction of sp³-hybridized carbons (Fsp3) is 0.227. The number of aryl methyl sites for hydroxylation is 1. The van der Waals surface area contributed by atoms with Gasteiger partial charge in [0.2, 0.25) is 0 Å². The topological polar surface area (TPSA) is 30.2 Å². The average Bonchev–Trinajstić information content (AvgIpc) is 2.63. The first-order valence-corrected chi connectivity index (χ1v) is 9.40. The zero-order chi connectivity index (χ0) is 17.6. The molecule has 0 unspecified atom stereocenters. The van der Waals surface area contributed by atoms with Crippen LogP contribution in [0.4, 0.5) is 0 Å². The lowest BCUT2D eigenvalue weighted by Crippen LogP contribution is -2.08. The molecule has 0 saturated carbocycles. The predicted molar refractivity (Wildman–Crippen MR) is 104 cm³/mol. The van der Waals surface area contributed by atoms with Gasteiger partial charge >= 0.3 is 5.63 Å². The SMILES string of the molecule is CC(C)CCc1cc(-c2ccccc2)oc(=O)c1Sc1ccccc1. The van der Waals surface area contributed by atoms with Crippen LogP contribution in [0.15, 0.2) is 85.7 Å². The zero-order valence-electron chi connectivity index (χ0n) is 14.6. The molecule has 0 fully saturated rings. The van der Waals surface area contributed by atoms with E-state index in [2.05, 4.69) is 13.8 Å². The minimum Gasteiger partial charge on any atom is -0.422 e. The van der Waals surface area contributed by atoms with E-state index < -0.39 is 0 Å². The van der Waals surface area contributed by atoms with Crippen LogP contribution in [0, 0.1) is 5.92 Å². The van der Waals surface area contributed by atoms with Gasteiger partial charge in [-0.3, -0.25) is 0 Å². The lowest BCUT2D eigenvalue weighted by atomic mass is 10.0. The van der Waals surface area contributed by atoms with Crippen molar-refractivity contribution < 1.29 is 4.42 Å². The number of hydrogen-bond donors (Lipinski definition) is 0. The minimum absolute atomic E-state index is 0.256. The van der Waals surface area contributed by atoms with E-state index in [9.17, 15) is 4.79 Å². The molecule has 0 spiro atoms. The highest BCUT2D eigenvalue weighted by Gasteiger charge is 2.15. The van der Waals surface area contributed by atoms with Gasteiger partial charge in [0.15, 0.2) is 0 Å². The second-order valence-corrected chi connectivity index (χ2v) is 7.55. The molecule has 2 nitrogen and oxygen atoms in total. The zero-order valence-corrected chi connectivity index (χ0v) is 15.4. The van der Waals surface area contributed by atoms with E-state index in [1.165, 1.54) is 11.8 Å². The molecule has 25 heavy (non-hydrogen) atoms. The number of hydrogen-bond acceptors (Lipinski definition) is 3. The maximum atomic E-state index is 12.7. The third-order valence-corrected chi connectivity index (χ3v) is 5.14. The number of rotatable bonds is 6. The van der Waals surface area contributed by atoms with Crippen LogP contribution < -0.4 is 5.63 Å². The Kier molecular flexibility index (Phi) is 5.77. The van der Waals surface area contributed by atoms with Crippen molar-refractivity contribution in [3.05, 3.63) is 82.7 Å². The molecule has 0 saturated heterocycles. The summed E-state index contributed by atoms with van der Waals surface area (Å²) >= 11 is 1.49. The molecule has 128 valence electrons. The Bertz CT molecular complexity index is 868. The molecule has 0 bridgehead atoms. The predicted octanol–water partition coefficient (Wildman–Crippen LogP) is 6.05. The maximum absolute atomic E-state index is 12.7. The molecule has 0 amide bonds. The Hall–Kier alpha value is -2.26. The third-order valence-electron chi connectivity index (χ3n) is 4.00. The Morgan fingerprint density at radius 3 is 2.24 bits per heavy atom. The highest BCUT2D eigenvalue weighted by molar-refractivity contribution is 7.99. The summed E-state index contributed by atoms with van der Waals surface area (Å²) in [5, 5.41) is 0. The van der Waals surface area contributed by atoms with Crippen LogP contribution in [0.3, 0.4) is 0 Å². The van der Waals surface area contributed by atoms with E-state index >= 15 is 0 Å². The van der Waals surface area contributed by atoms with Gasteiger partial charge in [-0.05, 0) is 42.5 Å². The second kappa shape index (κ2) is 8.21. The molecule has 3 aromatic rings. The Morgan fingerprint density at radius 1 is 0.960 bits per heavy atom. The van der Waals surface area contributed by atoms with Gasteiger partial charge < -0.3 is 4.42 Å². The lowest BCUT2D eigenvalue weighted by Gasteiger charge is -2.11. The summed E-state index contributed by atoms with van der Waals surface area (Å²) in [6.07, 6.45) is 1.91. The largest absolute Gasteiger partial charge is 0.422 e. The van der Waals surface area contributed by atoms with Crippen molar-refractivity contribution in [2.75, 3.05) is 0 Å². The summed E-state index contributed by atoms with van der Waals surface area (Å²) in [7, 11) is 0. The van der Waals surface area contributed by atoms with Crippen molar-refractivity contribution >= 4 is 11.8 Å². The van der Waals surface area contributed by atoms with Gasteiger partial charge in [0.05, 0.1) is 0 Å². The summed E-state index contributed by atoms with van der Waals surface area (Å²) < 4.78 is 5.64. The first kappa shape index (κ1) is 17.6. The first-order chi connectivity index (χ1) is 12.1. The maximum Gasteiger partial charge on any atom is 0.350 e. The lowest BCUT2D eigenvalue weighted by molar-refractivity contribution is 0.500. The highest BCUT2D eigenvalue weighted by atomic mass is 32.2. The van der Waals surface area contributed by atoms with Gasteiger partial charge in [0, 0.05) is 10.5 Å². The normalized spacial score (nSPS) is 11.0. The monoisotopic (exact) mass is 350 g/mol. The highest BCUT2D eigenvalue weighted by Crippen LogP contribution is 2.31. The van der Waals surface area contributed by atoms with Crippen LogP contribution in [0.2, 0.25) is 0 Å². The summed E-state index contributed by atoms with van der Waals surface area (Å²) in [6.45, 7) is 4.40. The Balaban J connectivity index is 2.02. The van der Waals surface area contributed by atoms with Crippen molar-refractivity contribution in [1.82, 2.24) is 0 Å². The standard InChI is InChI=1S/C22H22O2S/c1-16(2)13-14-18-15-20(17-9-5-3-6-10-17)24-22(23)21(18)25-19-11-7-4-8-12-19/h3-12,15-16H,13-14H2,1-2H3. The molecule has 0 N–H and O–H groups in total. The van der Waals surface area contributed by atoms with Gasteiger partial charge in [0.25, 0.3) is 0 Å². The Morgan fingerprint density at radius 2 is 1.60 bits per heavy atom. The van der Waals surface area contributed by atoms with E-state index in [1.807, 2.05) is 66.7 Å². The summed E-state index contributed by atoms with van der Waals surface area (Å²) in [4.78, 5) is 14.4. The van der Waals surface area contributed by atoms with Gasteiger partial charge in [-0.15, -0.1) is 0 Å². The molecule has 3 rings (SSSR count). The van der Waals surface area contributed by atoms with E-state index in [4.69, 9.17) is 4.42 Å². The van der Waals surface area contributed by atoms with E-state index in [0.29, 0.717) is 16.6 Å². The van der Waals surface area contributed by atoms with E-state index in [-0.39, 0.29) is 5.63 Å². The fourth-order valence-corrected chi connectivity index (χ4v) is 3.56. The van der Waals surface area contributed by atoms with Crippen LogP contribution in [-0.2, 0) is 6.42 Å². The molecule has 1 aromatic heterocycles. The molecule has 2 aromatic carbocycles. The Labute approximate surface area is 152 Å². The third kappa shape index (κ3) is 4.64. The molecule has 0 aliphatic rings. The second-order valence-electron chi connectivity index (χ2n) is 6.47. The molecular weight excluding hydrogens is 328 g/mol. The first-order valence-electron chi connectivity index (χ1n) is 8.59. The van der Waals surface area contributed by atoms with Crippen LogP contribution in [-0.4, -0.2) is 0 Å². The van der Waals surface area contributed by atoms with Gasteiger partial charge in [0.1, 0.15) is 10.7 Å². The molecule has 0 radical (unpaired) electrons. The van der Waals surface area contributed by atoms with E-state index in [1.54, 1.807) is 0 Å². The summed E-state index contributed by atoms with van der Waals surface area (Å²) in [5.74, 6) is 1.23. The van der Waals surface area contributed by atoms with Crippen LogP contribution in [0.1, 0.15) is 25.8 Å². The minimum atomic E-state index is -0.256. The molecule has 1 heterocycles. The molecule has 0 aliphatic heterocycles. The van der Waals surface area contributed by atoms with Gasteiger partial charge in [-0.2, -0.15) is 0 Å². The van der Waals surface area contributed by atoms with Crippen LogP contribution in [0.25, 0.3) is 11.3 Å². The molecule has 3 heteroatoms. The van der Waals surface area contributed by atoms with Gasteiger partial charge in [-0.25, -0.2) is 4.79 Å². The van der Waals surface area contributed by atoms with E-state index in [0.717, 1.165) is 28.9 Å². The van der Waals surface area contributed by atoms with Crippen LogP contribution in [0.5, 0.6) is 0 Å². The summed E-state index contributed by atoms with van der Waals surface area (Å²) in [5.41, 5.74) is 1.74. The van der Waals surface area contributed by atoms with Crippen molar-refractivity contribution in [3.8, 4) is 11.3 Å². The molecule has 0 atom stereocenters. The van der Waals surface area contributed by atoms with Crippen molar-refractivity contribution in [2.24, 2.45) is 5.92 Å². The molecular formula is C22H22O2S.